The Bertz CT molecular complexity index is 1080. The number of nitrogens with zero attached hydrogens (tertiary/aromatic N) is 3. The third-order valence-corrected chi connectivity index (χ3v) is 7.14. The van der Waals surface area contributed by atoms with Crippen LogP contribution in [0.2, 0.25) is 0 Å². The molecule has 0 N–H and O–H groups in total. The summed E-state index contributed by atoms with van der Waals surface area (Å²) in [6, 6.07) is 14.2. The number of hydrazone groups is 1. The molecule has 0 aromatic heterocycles. The van der Waals surface area contributed by atoms with Crippen LogP contribution in [0, 0.1) is 13.8 Å². The van der Waals surface area contributed by atoms with E-state index in [0.717, 1.165) is 48.5 Å². The summed E-state index contributed by atoms with van der Waals surface area (Å²) < 4.78 is 17.1. The van der Waals surface area contributed by atoms with Gasteiger partial charge in [0, 0.05) is 37.9 Å². The molecule has 1 atom stereocenters. The number of benzene rings is 2. The Morgan fingerprint density at radius 1 is 1.12 bits per heavy atom. The molecule has 2 aromatic carbocycles. The zero-order valence-electron chi connectivity index (χ0n) is 20.3. The van der Waals surface area contributed by atoms with Gasteiger partial charge in [-0.2, -0.15) is 5.10 Å². The first kappa shape index (κ1) is 23.0. The van der Waals surface area contributed by atoms with Crippen molar-refractivity contribution in [2.24, 2.45) is 5.10 Å². The van der Waals surface area contributed by atoms with E-state index >= 15 is 0 Å². The molecule has 0 bridgehead atoms. The largest absolute Gasteiger partial charge is 0.497 e. The fourth-order valence-electron chi connectivity index (χ4n) is 5.16. The van der Waals surface area contributed by atoms with Crippen molar-refractivity contribution in [1.82, 2.24) is 9.91 Å². The Morgan fingerprint density at radius 3 is 2.62 bits per heavy atom. The molecule has 3 heterocycles. The standard InChI is InChI=1S/C27H33N3O4/c1-19-7-8-20(2)23(15-19)24-17-25(21-5-4-6-22(16-21)32-3)30(28-24)26(31)18-29-11-9-27(10-12-29)33-13-14-34-27/h4-8,15-16,25H,9-14,17-18H2,1-3H3/t25-/m1/s1. The van der Waals surface area contributed by atoms with Gasteiger partial charge in [0.15, 0.2) is 5.79 Å². The molecule has 180 valence electrons. The number of aryl methyl sites for hydroxylation is 2. The third-order valence-electron chi connectivity index (χ3n) is 7.14. The van der Waals surface area contributed by atoms with Gasteiger partial charge in [-0.05, 0) is 43.2 Å². The Balaban J connectivity index is 1.38. The second kappa shape index (κ2) is 9.49. The van der Waals surface area contributed by atoms with Gasteiger partial charge < -0.3 is 14.2 Å². The van der Waals surface area contributed by atoms with Gasteiger partial charge in [0.25, 0.3) is 5.91 Å². The van der Waals surface area contributed by atoms with Crippen LogP contribution in [-0.2, 0) is 14.3 Å². The van der Waals surface area contributed by atoms with Crippen LogP contribution in [0.1, 0.15) is 47.6 Å². The van der Waals surface area contributed by atoms with E-state index in [-0.39, 0.29) is 11.9 Å². The number of rotatable bonds is 5. The minimum absolute atomic E-state index is 0.0114. The maximum Gasteiger partial charge on any atom is 0.257 e. The molecule has 3 aliphatic heterocycles. The van der Waals surface area contributed by atoms with Crippen LogP contribution in [0.4, 0.5) is 0 Å². The minimum atomic E-state index is -0.440. The van der Waals surface area contributed by atoms with Crippen molar-refractivity contribution in [3.05, 3.63) is 64.7 Å². The van der Waals surface area contributed by atoms with Gasteiger partial charge in [-0.3, -0.25) is 9.69 Å². The van der Waals surface area contributed by atoms with Crippen LogP contribution in [-0.4, -0.2) is 67.3 Å². The Labute approximate surface area is 201 Å². The molecule has 3 aliphatic rings. The topological polar surface area (TPSA) is 63.6 Å². The quantitative estimate of drug-likeness (QED) is 0.675. The highest BCUT2D eigenvalue weighted by atomic mass is 16.7. The van der Waals surface area contributed by atoms with E-state index < -0.39 is 5.79 Å². The predicted octanol–water partition coefficient (Wildman–Crippen LogP) is 3.83. The second-order valence-electron chi connectivity index (χ2n) is 9.48. The molecule has 1 amide bonds. The number of hydrogen-bond donors (Lipinski definition) is 0. The first-order chi connectivity index (χ1) is 16.5. The maximum absolute atomic E-state index is 13.6. The van der Waals surface area contributed by atoms with Gasteiger partial charge in [-0.1, -0.05) is 29.8 Å². The lowest BCUT2D eigenvalue weighted by Crippen LogP contribution is -2.48. The van der Waals surface area contributed by atoms with Crippen molar-refractivity contribution in [2.75, 3.05) is 40.0 Å². The lowest BCUT2D eigenvalue weighted by Gasteiger charge is -2.37. The Kier molecular flexibility index (Phi) is 6.42. The van der Waals surface area contributed by atoms with E-state index in [2.05, 4.69) is 43.0 Å². The third kappa shape index (κ3) is 4.60. The Hall–Kier alpha value is -2.74. The fraction of sp³-hybridized carbons (Fsp3) is 0.481. The number of carbonyl (C=O) groups is 1. The molecule has 1 spiro atoms. The number of methoxy groups -OCH3 is 1. The van der Waals surface area contributed by atoms with Crippen LogP contribution < -0.4 is 4.74 Å². The van der Waals surface area contributed by atoms with Gasteiger partial charge in [0.1, 0.15) is 5.75 Å². The van der Waals surface area contributed by atoms with Crippen LogP contribution in [0.25, 0.3) is 0 Å². The minimum Gasteiger partial charge on any atom is -0.497 e. The second-order valence-corrected chi connectivity index (χ2v) is 9.48. The number of piperidine rings is 1. The van der Waals surface area contributed by atoms with Crippen LogP contribution in [0.3, 0.4) is 0 Å². The lowest BCUT2D eigenvalue weighted by molar-refractivity contribution is -0.186. The normalized spacial score (nSPS) is 22.3. The van der Waals surface area contributed by atoms with Crippen LogP contribution >= 0.6 is 0 Å². The van der Waals surface area contributed by atoms with E-state index in [1.807, 2.05) is 18.2 Å². The molecule has 0 saturated carbocycles. The molecule has 34 heavy (non-hydrogen) atoms. The summed E-state index contributed by atoms with van der Waals surface area (Å²) in [4.78, 5) is 15.8. The summed E-state index contributed by atoms with van der Waals surface area (Å²) in [7, 11) is 1.66. The summed E-state index contributed by atoms with van der Waals surface area (Å²) in [6.07, 6.45) is 2.25. The van der Waals surface area contributed by atoms with Crippen molar-refractivity contribution in [1.29, 1.82) is 0 Å². The highest BCUT2D eigenvalue weighted by Crippen LogP contribution is 2.36. The van der Waals surface area contributed by atoms with Crippen molar-refractivity contribution in [3.63, 3.8) is 0 Å². The van der Waals surface area contributed by atoms with Crippen molar-refractivity contribution < 1.29 is 19.0 Å². The molecule has 7 heteroatoms. The SMILES string of the molecule is COc1cccc([C@H]2CC(c3cc(C)ccc3C)=NN2C(=O)CN2CCC3(CC2)OCCO3)c1. The van der Waals surface area contributed by atoms with Gasteiger partial charge in [-0.15, -0.1) is 0 Å². The molecule has 7 nitrogen and oxygen atoms in total. The highest BCUT2D eigenvalue weighted by molar-refractivity contribution is 6.04. The summed E-state index contributed by atoms with van der Waals surface area (Å²) in [5.74, 6) is 0.352. The molecule has 0 unspecified atom stereocenters. The average molecular weight is 464 g/mol. The van der Waals surface area contributed by atoms with Crippen molar-refractivity contribution in [2.45, 2.75) is 44.9 Å². The number of hydrogen-bond acceptors (Lipinski definition) is 6. The van der Waals surface area contributed by atoms with Gasteiger partial charge in [0.2, 0.25) is 0 Å². The first-order valence-electron chi connectivity index (χ1n) is 12.1. The molecule has 5 rings (SSSR count). The van der Waals surface area contributed by atoms with E-state index in [0.29, 0.717) is 26.2 Å². The van der Waals surface area contributed by atoms with E-state index in [1.54, 1.807) is 12.1 Å². The predicted molar refractivity (Wildman–Crippen MR) is 130 cm³/mol. The number of ether oxygens (including phenoxy) is 3. The van der Waals surface area contributed by atoms with E-state index in [9.17, 15) is 4.79 Å². The summed E-state index contributed by atoms with van der Waals surface area (Å²) in [6.45, 7) is 7.38. The number of likely N-dealkylation sites (tertiary alicyclic amines) is 1. The molecule has 0 radical (unpaired) electrons. The zero-order valence-corrected chi connectivity index (χ0v) is 20.3. The monoisotopic (exact) mass is 463 g/mol. The first-order valence-corrected chi connectivity index (χ1v) is 12.1. The van der Waals surface area contributed by atoms with Gasteiger partial charge >= 0.3 is 0 Å². The molecule has 2 fully saturated rings. The maximum atomic E-state index is 13.6. The molecule has 0 aliphatic carbocycles. The Morgan fingerprint density at radius 2 is 1.88 bits per heavy atom. The number of amides is 1. The molecular formula is C27H33N3O4. The number of carbonyl (C=O) groups excluding carboxylic acids is 1. The van der Waals surface area contributed by atoms with Crippen molar-refractivity contribution in [3.8, 4) is 5.75 Å². The van der Waals surface area contributed by atoms with Crippen LogP contribution in [0.15, 0.2) is 47.6 Å². The summed E-state index contributed by atoms with van der Waals surface area (Å²) in [5.41, 5.74) is 5.44. The average Bonchev–Trinajstić information content (AvgIpc) is 3.50. The molecular weight excluding hydrogens is 430 g/mol. The van der Waals surface area contributed by atoms with E-state index in [4.69, 9.17) is 19.3 Å². The highest BCUT2D eigenvalue weighted by Gasteiger charge is 2.41. The fourth-order valence-corrected chi connectivity index (χ4v) is 5.16. The summed E-state index contributed by atoms with van der Waals surface area (Å²) >= 11 is 0. The smallest absolute Gasteiger partial charge is 0.257 e. The zero-order chi connectivity index (χ0) is 23.7. The lowest BCUT2D eigenvalue weighted by atomic mass is 9.95. The summed E-state index contributed by atoms with van der Waals surface area (Å²) in [5, 5.41) is 6.59. The molecule has 2 saturated heterocycles. The van der Waals surface area contributed by atoms with E-state index in [1.165, 1.54) is 11.1 Å². The van der Waals surface area contributed by atoms with Gasteiger partial charge in [-0.25, -0.2) is 5.01 Å². The van der Waals surface area contributed by atoms with Crippen LogP contribution in [0.5, 0.6) is 5.75 Å². The van der Waals surface area contributed by atoms with Crippen molar-refractivity contribution >= 4 is 11.6 Å². The molecule has 2 aromatic rings. The van der Waals surface area contributed by atoms with Gasteiger partial charge in [0.05, 0.1) is 38.6 Å².